The number of benzene rings is 2. The summed E-state index contributed by atoms with van der Waals surface area (Å²) in [4.78, 5) is 41.4. The van der Waals surface area contributed by atoms with Crippen molar-refractivity contribution in [3.8, 4) is 0 Å². The SMILES string of the molecule is CC1(C)CC2C3=CCC4[C@@]5(C)CC[C@H](O)C(C)(C)C5CC[C@@]4(C)[C@]3(C)C[C@@H](O)[C@@]2(C=O)[C@@H](OC(=O)C=Cc2ccccc2)[C@@H]1OC(=O)c1ccccc1. The second kappa shape index (κ2) is 13.0. The minimum atomic E-state index is -1.54. The molecule has 0 aromatic heterocycles. The predicted molar refractivity (Wildman–Crippen MR) is 204 cm³/mol. The summed E-state index contributed by atoms with van der Waals surface area (Å²) in [5.41, 5.74) is -0.750. The Balaban J connectivity index is 1.31. The van der Waals surface area contributed by atoms with Crippen LogP contribution in [-0.4, -0.2) is 52.9 Å². The van der Waals surface area contributed by atoms with Crippen LogP contribution in [0.2, 0.25) is 0 Å². The van der Waals surface area contributed by atoms with Crippen LogP contribution in [0.5, 0.6) is 0 Å². The molecule has 7 rings (SSSR count). The highest BCUT2D eigenvalue weighted by molar-refractivity contribution is 5.90. The first kappa shape index (κ1) is 37.8. The van der Waals surface area contributed by atoms with E-state index in [4.69, 9.17) is 9.47 Å². The van der Waals surface area contributed by atoms with E-state index in [0.29, 0.717) is 30.2 Å². The van der Waals surface area contributed by atoms with Gasteiger partial charge in [-0.1, -0.05) is 109 Å². The molecule has 0 amide bonds. The zero-order valence-electron chi connectivity index (χ0n) is 32.5. The van der Waals surface area contributed by atoms with Crippen molar-refractivity contribution in [2.24, 2.45) is 50.2 Å². The number of aldehydes is 1. The van der Waals surface area contributed by atoms with Crippen LogP contribution in [0.4, 0.5) is 0 Å². The largest absolute Gasteiger partial charge is 0.454 e. The number of esters is 2. The number of hydrogen-bond acceptors (Lipinski definition) is 7. The lowest BCUT2D eigenvalue weighted by Crippen LogP contribution is -2.72. The maximum Gasteiger partial charge on any atom is 0.338 e. The van der Waals surface area contributed by atoms with Crippen molar-refractivity contribution in [1.82, 2.24) is 0 Å². The van der Waals surface area contributed by atoms with Crippen LogP contribution < -0.4 is 0 Å². The molecule has 0 saturated heterocycles. The fourth-order valence-electron chi connectivity index (χ4n) is 12.7. The van der Waals surface area contributed by atoms with Gasteiger partial charge in [-0.2, -0.15) is 0 Å². The second-order valence-electron chi connectivity index (χ2n) is 19.0. The smallest absolute Gasteiger partial charge is 0.338 e. The summed E-state index contributed by atoms with van der Waals surface area (Å²) in [5, 5.41) is 23.8. The minimum absolute atomic E-state index is 0.0106. The Morgan fingerprint density at radius 2 is 1.43 bits per heavy atom. The highest BCUT2D eigenvalue weighted by Crippen LogP contribution is 2.75. The Labute approximate surface area is 315 Å². The lowest BCUT2D eigenvalue weighted by Gasteiger charge is -2.72. The number of allylic oxidation sites excluding steroid dienone is 2. The third-order valence-corrected chi connectivity index (χ3v) is 15.8. The van der Waals surface area contributed by atoms with Gasteiger partial charge in [-0.15, -0.1) is 0 Å². The minimum Gasteiger partial charge on any atom is -0.454 e. The van der Waals surface area contributed by atoms with Crippen LogP contribution in [0.3, 0.4) is 0 Å². The Kier molecular flexibility index (Phi) is 9.29. The Hall–Kier alpha value is -3.55. The molecule has 11 atom stereocenters. The molecule has 4 saturated carbocycles. The molecule has 53 heavy (non-hydrogen) atoms. The van der Waals surface area contributed by atoms with E-state index in [2.05, 4.69) is 40.7 Å². The predicted octanol–water partition coefficient (Wildman–Crippen LogP) is 8.39. The third-order valence-electron chi connectivity index (χ3n) is 15.8. The summed E-state index contributed by atoms with van der Waals surface area (Å²) in [6.07, 6.45) is 7.77. The van der Waals surface area contributed by atoms with E-state index in [-0.39, 0.29) is 22.3 Å². The van der Waals surface area contributed by atoms with Crippen LogP contribution in [0.1, 0.15) is 109 Å². The number of carbonyl (C=O) groups excluding carboxylic acids is 3. The Morgan fingerprint density at radius 3 is 2.09 bits per heavy atom. The quantitative estimate of drug-likeness (QED) is 0.133. The molecule has 2 aromatic rings. The normalized spacial score (nSPS) is 41.1. The van der Waals surface area contributed by atoms with Gasteiger partial charge in [0.1, 0.15) is 12.4 Å². The molecule has 2 aromatic carbocycles. The first-order chi connectivity index (χ1) is 25.0. The fraction of sp³-hybridized carbons (Fsp3) is 0.587. The molecular weight excluding hydrogens is 664 g/mol. The first-order valence-electron chi connectivity index (χ1n) is 19.7. The van der Waals surface area contributed by atoms with Crippen molar-refractivity contribution >= 4 is 24.3 Å². The first-order valence-corrected chi connectivity index (χ1v) is 19.7. The second-order valence-corrected chi connectivity index (χ2v) is 19.0. The summed E-state index contributed by atoms with van der Waals surface area (Å²) in [6.45, 7) is 15.6. The van der Waals surface area contributed by atoms with Crippen molar-refractivity contribution in [2.45, 2.75) is 118 Å². The highest BCUT2D eigenvalue weighted by atomic mass is 16.6. The van der Waals surface area contributed by atoms with Crippen LogP contribution >= 0.6 is 0 Å². The van der Waals surface area contributed by atoms with Gasteiger partial charge in [-0.25, -0.2) is 9.59 Å². The molecule has 7 heteroatoms. The molecule has 284 valence electrons. The average molecular weight is 723 g/mol. The van der Waals surface area contributed by atoms with Crippen molar-refractivity contribution < 1.29 is 34.1 Å². The lowest BCUT2D eigenvalue weighted by molar-refractivity contribution is -0.243. The number of carbonyl (C=O) groups is 3. The molecule has 7 nitrogen and oxygen atoms in total. The molecule has 5 aliphatic carbocycles. The van der Waals surface area contributed by atoms with Crippen molar-refractivity contribution in [1.29, 1.82) is 0 Å². The van der Waals surface area contributed by atoms with Gasteiger partial charge in [0, 0.05) is 11.5 Å². The summed E-state index contributed by atoms with van der Waals surface area (Å²) < 4.78 is 12.7. The molecule has 2 N–H and O–H groups in total. The van der Waals surface area contributed by atoms with Gasteiger partial charge in [0.25, 0.3) is 0 Å². The number of hydrogen-bond donors (Lipinski definition) is 2. The van der Waals surface area contributed by atoms with Gasteiger partial charge in [-0.3, -0.25) is 0 Å². The van der Waals surface area contributed by atoms with Crippen LogP contribution in [-0.2, 0) is 19.1 Å². The van der Waals surface area contributed by atoms with Gasteiger partial charge in [0.05, 0.1) is 23.2 Å². The van der Waals surface area contributed by atoms with Gasteiger partial charge in [0.2, 0.25) is 0 Å². The van der Waals surface area contributed by atoms with Gasteiger partial charge in [-0.05, 0) is 108 Å². The summed E-state index contributed by atoms with van der Waals surface area (Å²) in [7, 11) is 0. The maximum atomic E-state index is 13.9. The molecule has 4 fully saturated rings. The summed E-state index contributed by atoms with van der Waals surface area (Å²) in [5.74, 6) is -0.982. The number of ether oxygens (including phenoxy) is 2. The summed E-state index contributed by atoms with van der Waals surface area (Å²) in [6, 6.07) is 18.1. The van der Waals surface area contributed by atoms with E-state index >= 15 is 0 Å². The molecular formula is C46H58O7. The van der Waals surface area contributed by atoms with E-state index in [9.17, 15) is 24.6 Å². The molecule has 0 spiro atoms. The van der Waals surface area contributed by atoms with Crippen molar-refractivity contribution in [2.75, 3.05) is 0 Å². The van der Waals surface area contributed by atoms with Gasteiger partial charge >= 0.3 is 11.9 Å². The van der Waals surface area contributed by atoms with E-state index in [1.54, 1.807) is 30.3 Å². The monoisotopic (exact) mass is 722 g/mol. The molecule has 0 aliphatic heterocycles. The van der Waals surface area contributed by atoms with Crippen LogP contribution in [0.15, 0.2) is 78.4 Å². The van der Waals surface area contributed by atoms with E-state index in [1.807, 2.05) is 50.2 Å². The van der Waals surface area contributed by atoms with Gasteiger partial charge in [0.15, 0.2) is 6.10 Å². The van der Waals surface area contributed by atoms with E-state index in [0.717, 1.165) is 49.5 Å². The van der Waals surface area contributed by atoms with Gasteiger partial charge < -0.3 is 24.5 Å². The number of aliphatic hydroxyl groups excluding tert-OH is 2. The highest BCUT2D eigenvalue weighted by Gasteiger charge is 2.73. The number of aliphatic hydroxyl groups is 2. The van der Waals surface area contributed by atoms with E-state index < -0.39 is 52.4 Å². The maximum absolute atomic E-state index is 13.9. The van der Waals surface area contributed by atoms with Crippen LogP contribution in [0, 0.1) is 50.2 Å². The van der Waals surface area contributed by atoms with E-state index in [1.165, 1.54) is 6.08 Å². The molecule has 5 aliphatic rings. The van der Waals surface area contributed by atoms with Crippen LogP contribution in [0.25, 0.3) is 6.08 Å². The average Bonchev–Trinajstić information content (AvgIpc) is 3.11. The molecule has 0 bridgehead atoms. The van der Waals surface area contributed by atoms with Crippen molar-refractivity contribution in [3.05, 3.63) is 89.5 Å². The van der Waals surface area contributed by atoms with Crippen molar-refractivity contribution in [3.63, 3.8) is 0 Å². The Bertz CT molecular complexity index is 1800. The Morgan fingerprint density at radius 1 is 0.774 bits per heavy atom. The zero-order chi connectivity index (χ0) is 38.2. The molecule has 3 unspecified atom stereocenters. The summed E-state index contributed by atoms with van der Waals surface area (Å²) >= 11 is 0. The number of fused-ring (bicyclic) bond motifs is 7. The topological polar surface area (TPSA) is 110 Å². The third kappa shape index (κ3) is 5.61. The molecule has 0 radical (unpaired) electrons. The fourth-order valence-corrected chi connectivity index (χ4v) is 12.7. The zero-order valence-corrected chi connectivity index (χ0v) is 32.5. The molecule has 0 heterocycles. The number of rotatable bonds is 6. The standard InChI is InChI=1S/C46H58O7/c1-41(2)26-32-31-19-20-34-43(5)24-23-35(48)42(3,4)33(43)22-25-44(34,6)45(31,7)27-36(49)46(32,28-47)39(38(41)53-40(51)30-16-12-9-13-17-30)52-37(50)21-18-29-14-10-8-11-15-29/h8-19,21,28,32-36,38-39,48-49H,20,22-27H2,1-7H3/t32?,33?,34?,35-,36+,38-,39-,43-,44+,45+,46-/m0/s1. The lowest BCUT2D eigenvalue weighted by atomic mass is 9.33.